The highest BCUT2D eigenvalue weighted by molar-refractivity contribution is 9.10. The molecule has 1 aromatic heterocycles. The summed E-state index contributed by atoms with van der Waals surface area (Å²) in [6, 6.07) is 14.0. The molecule has 0 aliphatic rings. The van der Waals surface area contributed by atoms with Gasteiger partial charge in [-0.05, 0) is 48.9 Å². The highest BCUT2D eigenvalue weighted by atomic mass is 79.9. The van der Waals surface area contributed by atoms with E-state index in [-0.39, 0.29) is 16.2 Å². The molecule has 23 heavy (non-hydrogen) atoms. The molecule has 0 fully saturated rings. The Morgan fingerprint density at radius 3 is 2.48 bits per heavy atom. The quantitative estimate of drug-likeness (QED) is 0.659. The molecule has 0 amide bonds. The Labute approximate surface area is 142 Å². The molecule has 3 nitrogen and oxygen atoms in total. The fraction of sp³-hybridized carbons (Fsp3) is 0. The summed E-state index contributed by atoms with van der Waals surface area (Å²) in [7, 11) is -3.86. The van der Waals surface area contributed by atoms with Crippen LogP contribution >= 0.6 is 15.9 Å². The first-order valence-electron chi connectivity index (χ1n) is 6.70. The number of hydrogen-bond acceptors (Lipinski definition) is 2. The van der Waals surface area contributed by atoms with Gasteiger partial charge in [-0.3, -0.25) is 0 Å². The maximum atomic E-state index is 14.1. The Kier molecular flexibility index (Phi) is 4.12. The molecule has 0 aliphatic carbocycles. The van der Waals surface area contributed by atoms with Gasteiger partial charge < -0.3 is 0 Å². The number of hydrogen-bond donors (Lipinski definition) is 0. The number of rotatable bonds is 3. The first-order chi connectivity index (χ1) is 10.9. The average Bonchev–Trinajstić information content (AvgIpc) is 2.90. The van der Waals surface area contributed by atoms with Gasteiger partial charge in [0.2, 0.25) is 0 Å². The molecule has 0 bridgehead atoms. The summed E-state index contributed by atoms with van der Waals surface area (Å²) in [6.45, 7) is 3.76. The van der Waals surface area contributed by atoms with Crippen LogP contribution in [0.4, 0.5) is 4.39 Å². The summed E-state index contributed by atoms with van der Waals surface area (Å²) >= 11 is 3.26. The SMILES string of the molecule is [CH2]c1cc(-c2ccccc2F)n(S(=O)(=O)c2cccc(Br)c2)c1. The van der Waals surface area contributed by atoms with Crippen LogP contribution < -0.4 is 0 Å². The zero-order chi connectivity index (χ0) is 16.6. The molecule has 1 radical (unpaired) electrons. The lowest BCUT2D eigenvalue weighted by atomic mass is 10.1. The van der Waals surface area contributed by atoms with E-state index in [4.69, 9.17) is 0 Å². The minimum absolute atomic E-state index is 0.111. The van der Waals surface area contributed by atoms with Crippen molar-refractivity contribution in [3.05, 3.63) is 83.6 Å². The van der Waals surface area contributed by atoms with Crippen LogP contribution in [0.3, 0.4) is 0 Å². The van der Waals surface area contributed by atoms with E-state index in [9.17, 15) is 12.8 Å². The normalized spacial score (nSPS) is 11.6. The van der Waals surface area contributed by atoms with E-state index in [0.29, 0.717) is 10.0 Å². The molecule has 6 heteroatoms. The third-order valence-corrected chi connectivity index (χ3v) is 5.51. The van der Waals surface area contributed by atoms with Gasteiger partial charge in [0.15, 0.2) is 0 Å². The molecule has 117 valence electrons. The summed E-state index contributed by atoms with van der Waals surface area (Å²) in [5.74, 6) is -0.490. The van der Waals surface area contributed by atoms with Gasteiger partial charge in [0, 0.05) is 16.2 Å². The zero-order valence-corrected chi connectivity index (χ0v) is 14.3. The molecule has 0 N–H and O–H groups in total. The molecule has 3 aromatic rings. The third kappa shape index (κ3) is 2.96. The average molecular weight is 393 g/mol. The topological polar surface area (TPSA) is 39.1 Å². The molecular formula is C17H12BrFNO2S. The molecule has 1 heterocycles. The van der Waals surface area contributed by atoms with Gasteiger partial charge >= 0.3 is 0 Å². The second kappa shape index (κ2) is 5.94. The number of halogens is 2. The van der Waals surface area contributed by atoms with E-state index in [2.05, 4.69) is 22.9 Å². The lowest BCUT2D eigenvalue weighted by molar-refractivity contribution is 0.587. The molecular weight excluding hydrogens is 381 g/mol. The summed E-state index contributed by atoms with van der Waals surface area (Å²) in [5, 5.41) is 0. The Morgan fingerprint density at radius 2 is 1.78 bits per heavy atom. The molecule has 2 aromatic carbocycles. The molecule has 0 atom stereocenters. The summed E-state index contributed by atoms with van der Waals surface area (Å²) in [6.07, 6.45) is 1.39. The molecule has 0 spiro atoms. The fourth-order valence-corrected chi connectivity index (χ4v) is 4.29. The highest BCUT2D eigenvalue weighted by Crippen LogP contribution is 2.29. The van der Waals surface area contributed by atoms with E-state index in [1.807, 2.05) is 0 Å². The van der Waals surface area contributed by atoms with Crippen LogP contribution in [0.1, 0.15) is 5.56 Å². The molecule has 0 saturated heterocycles. The summed E-state index contributed by atoms with van der Waals surface area (Å²) < 4.78 is 41.6. The largest absolute Gasteiger partial charge is 0.268 e. The van der Waals surface area contributed by atoms with Gasteiger partial charge in [0.1, 0.15) is 5.82 Å². The molecule has 0 aliphatic heterocycles. The standard InChI is InChI=1S/C17H12BrFNO2S/c1-12-9-17(15-7-2-3-8-16(15)19)20(11-12)23(21,22)14-6-4-5-13(18)10-14/h2-11H,1H2. The van der Waals surface area contributed by atoms with E-state index >= 15 is 0 Å². The van der Waals surface area contributed by atoms with Gasteiger partial charge in [-0.1, -0.05) is 34.1 Å². The zero-order valence-electron chi connectivity index (χ0n) is 11.9. The van der Waals surface area contributed by atoms with Crippen LogP contribution in [0.15, 0.2) is 70.2 Å². The number of aromatic nitrogens is 1. The predicted octanol–water partition coefficient (Wildman–Crippen LogP) is 4.48. The van der Waals surface area contributed by atoms with Crippen molar-refractivity contribution in [3.8, 4) is 11.3 Å². The first kappa shape index (κ1) is 16.0. The van der Waals surface area contributed by atoms with Gasteiger partial charge in [-0.2, -0.15) is 0 Å². The lowest BCUT2D eigenvalue weighted by Gasteiger charge is -2.11. The van der Waals surface area contributed by atoms with E-state index in [1.54, 1.807) is 30.3 Å². The summed E-state index contributed by atoms with van der Waals surface area (Å²) in [4.78, 5) is 0.111. The molecule has 3 rings (SSSR count). The van der Waals surface area contributed by atoms with Crippen molar-refractivity contribution >= 4 is 26.0 Å². The highest BCUT2D eigenvalue weighted by Gasteiger charge is 2.22. The van der Waals surface area contributed by atoms with Gasteiger partial charge in [-0.15, -0.1) is 0 Å². The van der Waals surface area contributed by atoms with Crippen molar-refractivity contribution in [2.45, 2.75) is 4.90 Å². The van der Waals surface area contributed by atoms with Crippen molar-refractivity contribution in [2.75, 3.05) is 0 Å². The van der Waals surface area contributed by atoms with Crippen LogP contribution in [-0.2, 0) is 10.0 Å². The Bertz CT molecular complexity index is 980. The number of benzene rings is 2. The predicted molar refractivity (Wildman–Crippen MR) is 91.0 cm³/mol. The Morgan fingerprint density at radius 1 is 1.04 bits per heavy atom. The van der Waals surface area contributed by atoms with Crippen LogP contribution in [-0.4, -0.2) is 12.4 Å². The Hall–Kier alpha value is -1.92. The maximum Gasteiger partial charge on any atom is 0.268 e. The Balaban J connectivity index is 2.24. The minimum Gasteiger partial charge on any atom is -0.241 e. The van der Waals surface area contributed by atoms with Gasteiger partial charge in [-0.25, -0.2) is 16.8 Å². The lowest BCUT2D eigenvalue weighted by Crippen LogP contribution is -2.13. The van der Waals surface area contributed by atoms with Crippen molar-refractivity contribution in [1.29, 1.82) is 0 Å². The molecule has 0 saturated carbocycles. The van der Waals surface area contributed by atoms with Crippen LogP contribution in [0.2, 0.25) is 0 Å². The van der Waals surface area contributed by atoms with E-state index < -0.39 is 15.8 Å². The monoisotopic (exact) mass is 392 g/mol. The third-order valence-electron chi connectivity index (χ3n) is 3.35. The second-order valence-electron chi connectivity index (χ2n) is 4.97. The van der Waals surface area contributed by atoms with Crippen LogP contribution in [0.5, 0.6) is 0 Å². The summed E-state index contributed by atoms with van der Waals surface area (Å²) in [5.41, 5.74) is 0.941. The smallest absolute Gasteiger partial charge is 0.241 e. The van der Waals surface area contributed by atoms with Crippen molar-refractivity contribution < 1.29 is 12.8 Å². The van der Waals surface area contributed by atoms with E-state index in [1.165, 1.54) is 30.5 Å². The van der Waals surface area contributed by atoms with Crippen molar-refractivity contribution in [2.24, 2.45) is 0 Å². The first-order valence-corrected chi connectivity index (χ1v) is 8.93. The maximum absolute atomic E-state index is 14.1. The van der Waals surface area contributed by atoms with E-state index in [0.717, 1.165) is 3.97 Å². The van der Waals surface area contributed by atoms with Crippen LogP contribution in [0.25, 0.3) is 11.3 Å². The van der Waals surface area contributed by atoms with Gasteiger partial charge in [0.05, 0.1) is 10.6 Å². The minimum atomic E-state index is -3.86. The number of nitrogens with zero attached hydrogens (tertiary/aromatic N) is 1. The van der Waals surface area contributed by atoms with Crippen molar-refractivity contribution in [3.63, 3.8) is 0 Å². The molecule has 0 unspecified atom stereocenters. The van der Waals surface area contributed by atoms with Crippen LogP contribution in [0, 0.1) is 12.7 Å². The van der Waals surface area contributed by atoms with Gasteiger partial charge in [0.25, 0.3) is 10.0 Å². The van der Waals surface area contributed by atoms with Crippen molar-refractivity contribution in [1.82, 2.24) is 3.97 Å². The second-order valence-corrected chi connectivity index (χ2v) is 7.70. The fourth-order valence-electron chi connectivity index (χ4n) is 2.30.